The number of hydrogen-bond acceptors (Lipinski definition) is 4. The molecular weight excluding hydrogens is 320 g/mol. The summed E-state index contributed by atoms with van der Waals surface area (Å²) in [4.78, 5) is 26.7. The summed E-state index contributed by atoms with van der Waals surface area (Å²) in [6, 6.07) is 13.7. The van der Waals surface area contributed by atoms with E-state index in [-0.39, 0.29) is 12.3 Å². The lowest BCUT2D eigenvalue weighted by atomic mass is 10.1. The Morgan fingerprint density at radius 2 is 1.64 bits per heavy atom. The van der Waals surface area contributed by atoms with Crippen molar-refractivity contribution >= 4 is 23.4 Å². The van der Waals surface area contributed by atoms with Crippen molar-refractivity contribution in [1.82, 2.24) is 0 Å². The average Bonchev–Trinajstić information content (AvgIpc) is 2.62. The van der Waals surface area contributed by atoms with Crippen LogP contribution >= 0.6 is 0 Å². The molecule has 2 aromatic rings. The first kappa shape index (κ1) is 18.0. The minimum Gasteiger partial charge on any atom is -0.481 e. The zero-order valence-electron chi connectivity index (χ0n) is 13.7. The molecule has 0 unspecified atom stereocenters. The zero-order valence-corrected chi connectivity index (χ0v) is 13.7. The second-order valence-corrected chi connectivity index (χ2v) is 5.28. The third-order valence-corrected chi connectivity index (χ3v) is 3.56. The molecule has 1 amide bonds. The number of amidine groups is 1. The molecule has 0 heterocycles. The highest BCUT2D eigenvalue weighted by atomic mass is 16.4. The Labute approximate surface area is 144 Å². The molecule has 0 fully saturated rings. The van der Waals surface area contributed by atoms with Gasteiger partial charge in [0.15, 0.2) is 5.84 Å². The Morgan fingerprint density at radius 3 is 2.16 bits per heavy atom. The first-order valence-corrected chi connectivity index (χ1v) is 7.60. The van der Waals surface area contributed by atoms with E-state index in [1.165, 1.54) is 0 Å². The lowest BCUT2D eigenvalue weighted by Crippen LogP contribution is -2.12. The summed E-state index contributed by atoms with van der Waals surface area (Å²) in [5.74, 6) is -0.804. The summed E-state index contributed by atoms with van der Waals surface area (Å²) < 4.78 is 0. The monoisotopic (exact) mass is 338 g/mol. The molecule has 0 aliphatic rings. The van der Waals surface area contributed by atoms with Gasteiger partial charge in [0.1, 0.15) is 0 Å². The van der Waals surface area contributed by atoms with Gasteiger partial charge >= 0.3 is 5.97 Å². The Hall–Kier alpha value is -3.35. The van der Waals surface area contributed by atoms with E-state index in [1.807, 2.05) is 0 Å². The van der Waals surface area contributed by atoms with E-state index in [0.717, 1.165) is 5.56 Å². The maximum Gasteiger partial charge on any atom is 0.303 e. The summed E-state index contributed by atoms with van der Waals surface area (Å²) in [6.45, 7) is 0. The first-order valence-electron chi connectivity index (χ1n) is 7.60. The minimum absolute atomic E-state index is 0.0751. The van der Waals surface area contributed by atoms with Crippen molar-refractivity contribution in [3.63, 3.8) is 0 Å². The van der Waals surface area contributed by atoms with Crippen molar-refractivity contribution in [2.75, 3.05) is 12.4 Å². The summed E-state index contributed by atoms with van der Waals surface area (Å²) in [6.07, 6.45) is 0.527. The zero-order chi connectivity index (χ0) is 18.2. The van der Waals surface area contributed by atoms with Gasteiger partial charge in [0, 0.05) is 30.3 Å². The van der Waals surface area contributed by atoms with E-state index in [1.54, 1.807) is 55.6 Å². The number of carboxylic acids is 1. The number of amides is 1. The molecule has 7 heteroatoms. The molecule has 128 valence electrons. The third kappa shape index (κ3) is 5.07. The van der Waals surface area contributed by atoms with Crippen molar-refractivity contribution < 1.29 is 14.7 Å². The van der Waals surface area contributed by atoms with Crippen LogP contribution in [-0.2, 0) is 11.2 Å². The summed E-state index contributed by atoms with van der Waals surface area (Å²) in [5.41, 5.74) is 9.70. The van der Waals surface area contributed by atoms with Gasteiger partial charge < -0.3 is 10.4 Å². The van der Waals surface area contributed by atoms with Gasteiger partial charge in [0.05, 0.1) is 0 Å². The maximum absolute atomic E-state index is 12.3. The average molecular weight is 338 g/mol. The number of carbonyl (C=O) groups excluding carboxylic acids is 1. The molecule has 0 radical (unpaired) electrons. The van der Waals surface area contributed by atoms with Gasteiger partial charge in [-0.2, -0.15) is 0 Å². The van der Waals surface area contributed by atoms with Gasteiger partial charge in [0.25, 0.3) is 5.91 Å². The second kappa shape index (κ2) is 8.49. The molecule has 0 saturated carbocycles. The molecule has 0 aromatic heterocycles. The molecule has 0 saturated heterocycles. The third-order valence-electron chi connectivity index (χ3n) is 3.56. The second-order valence-electron chi connectivity index (χ2n) is 5.28. The van der Waals surface area contributed by atoms with E-state index in [2.05, 4.69) is 15.4 Å². The first-order chi connectivity index (χ1) is 12.0. The van der Waals surface area contributed by atoms with E-state index >= 15 is 0 Å². The highest BCUT2D eigenvalue weighted by molar-refractivity contribution is 6.05. The van der Waals surface area contributed by atoms with E-state index < -0.39 is 5.97 Å². The molecule has 2 rings (SSSR count). The summed E-state index contributed by atoms with van der Waals surface area (Å²) in [5, 5.41) is 14.8. The van der Waals surface area contributed by atoms with Crippen molar-refractivity contribution in [2.24, 2.45) is 10.1 Å². The number of hydrogen-bond donors (Lipinski definition) is 3. The fourth-order valence-electron chi connectivity index (χ4n) is 2.22. The van der Waals surface area contributed by atoms with Crippen LogP contribution in [0.2, 0.25) is 0 Å². The molecular formula is C18H18N4O3. The van der Waals surface area contributed by atoms with Gasteiger partial charge in [0.2, 0.25) is 0 Å². The van der Waals surface area contributed by atoms with Crippen LogP contribution in [0.1, 0.15) is 27.9 Å². The molecule has 0 bridgehead atoms. The van der Waals surface area contributed by atoms with Gasteiger partial charge in [-0.25, -0.2) is 5.53 Å². The number of nitrogens with one attached hydrogen (secondary N) is 2. The van der Waals surface area contributed by atoms with Crippen LogP contribution in [0.15, 0.2) is 58.6 Å². The predicted octanol–water partition coefficient (Wildman–Crippen LogP) is 3.36. The minimum atomic E-state index is -0.838. The van der Waals surface area contributed by atoms with Crippen molar-refractivity contribution in [1.29, 1.82) is 5.53 Å². The van der Waals surface area contributed by atoms with Crippen LogP contribution in [0, 0.1) is 5.53 Å². The van der Waals surface area contributed by atoms with Crippen LogP contribution in [0.5, 0.6) is 0 Å². The highest BCUT2D eigenvalue weighted by Gasteiger charge is 2.08. The molecule has 0 atom stereocenters. The number of aryl methyl sites for hydroxylation is 1. The number of rotatable bonds is 6. The number of aliphatic imine (C=N–C) groups is 1. The molecule has 7 nitrogen and oxygen atoms in total. The fourth-order valence-corrected chi connectivity index (χ4v) is 2.22. The number of carboxylic acid groups (broad SMARTS) is 1. The van der Waals surface area contributed by atoms with Crippen molar-refractivity contribution in [2.45, 2.75) is 12.8 Å². The van der Waals surface area contributed by atoms with E-state index in [0.29, 0.717) is 29.1 Å². The molecule has 3 N–H and O–H groups in total. The van der Waals surface area contributed by atoms with E-state index in [9.17, 15) is 9.59 Å². The van der Waals surface area contributed by atoms with Gasteiger partial charge in [-0.15, -0.1) is 5.11 Å². The normalized spacial score (nSPS) is 11.0. The molecule has 2 aromatic carbocycles. The van der Waals surface area contributed by atoms with Crippen LogP contribution in [-0.4, -0.2) is 29.9 Å². The largest absolute Gasteiger partial charge is 0.481 e. The quantitative estimate of drug-likeness (QED) is 0.426. The standard InChI is InChI=1S/C18H18N4O3/c1-20-17(22-19)13-5-7-14(8-6-13)18(25)21-15-9-2-12(3-10-15)4-11-16(23)24/h2-3,5-10,19H,4,11H2,1H3,(H,21,25)(H,23,24). The SMILES string of the molecule is CN=C(N=N)c1ccc(C(=O)Nc2ccc(CCC(=O)O)cc2)cc1. The lowest BCUT2D eigenvalue weighted by Gasteiger charge is -2.07. The van der Waals surface area contributed by atoms with Crippen LogP contribution in [0.3, 0.4) is 0 Å². The lowest BCUT2D eigenvalue weighted by molar-refractivity contribution is -0.136. The topological polar surface area (TPSA) is 115 Å². The number of carbonyl (C=O) groups is 2. The molecule has 0 aliphatic carbocycles. The van der Waals surface area contributed by atoms with Crippen LogP contribution < -0.4 is 5.32 Å². The Kier molecular flexibility index (Phi) is 6.11. The highest BCUT2D eigenvalue weighted by Crippen LogP contribution is 2.13. The van der Waals surface area contributed by atoms with Crippen LogP contribution in [0.4, 0.5) is 5.69 Å². The van der Waals surface area contributed by atoms with E-state index in [4.69, 9.17) is 10.6 Å². The number of anilines is 1. The van der Waals surface area contributed by atoms with Gasteiger partial charge in [-0.05, 0) is 36.2 Å². The van der Waals surface area contributed by atoms with Crippen molar-refractivity contribution in [3.8, 4) is 0 Å². The summed E-state index contributed by atoms with van der Waals surface area (Å²) >= 11 is 0. The Morgan fingerprint density at radius 1 is 1.04 bits per heavy atom. The summed E-state index contributed by atoms with van der Waals surface area (Å²) in [7, 11) is 1.55. The van der Waals surface area contributed by atoms with Crippen molar-refractivity contribution in [3.05, 3.63) is 65.2 Å². The molecule has 0 aliphatic heterocycles. The fraction of sp³-hybridized carbons (Fsp3) is 0.167. The predicted molar refractivity (Wildman–Crippen MR) is 94.4 cm³/mol. The molecule has 0 spiro atoms. The maximum atomic E-state index is 12.3. The van der Waals surface area contributed by atoms with Gasteiger partial charge in [-0.3, -0.25) is 14.6 Å². The smallest absolute Gasteiger partial charge is 0.303 e. The number of aliphatic carboxylic acids is 1. The van der Waals surface area contributed by atoms with Crippen LogP contribution in [0.25, 0.3) is 0 Å². The molecule has 25 heavy (non-hydrogen) atoms. The number of benzene rings is 2. The van der Waals surface area contributed by atoms with Gasteiger partial charge in [-0.1, -0.05) is 24.3 Å². The Balaban J connectivity index is 2.01. The Bertz CT molecular complexity index is 796. The number of nitrogens with zero attached hydrogens (tertiary/aromatic N) is 2.